The smallest absolute Gasteiger partial charge is 0.280 e. The van der Waals surface area contributed by atoms with Crippen molar-refractivity contribution < 1.29 is 22.6 Å². The molecule has 2 aromatic heterocycles. The third-order valence-corrected chi connectivity index (χ3v) is 4.77. The number of halogens is 3. The molecule has 5 rings (SSSR count). The lowest BCUT2D eigenvalue weighted by atomic mass is 10.1. The zero-order valence-electron chi connectivity index (χ0n) is 15.4. The van der Waals surface area contributed by atoms with E-state index in [1.54, 1.807) is 6.07 Å². The van der Waals surface area contributed by atoms with Crippen LogP contribution in [0.15, 0.2) is 47.4 Å². The van der Waals surface area contributed by atoms with Gasteiger partial charge in [-0.2, -0.15) is 19.4 Å². The molecule has 0 atom stereocenters. The second kappa shape index (κ2) is 6.84. The van der Waals surface area contributed by atoms with Crippen LogP contribution in [-0.4, -0.2) is 21.6 Å². The number of hydrogen-bond acceptors (Lipinski definition) is 6. The molecule has 0 fully saturated rings. The molecule has 1 aliphatic rings. The van der Waals surface area contributed by atoms with Crippen LogP contribution in [0.25, 0.3) is 27.8 Å². The van der Waals surface area contributed by atoms with Gasteiger partial charge in [0.2, 0.25) is 18.4 Å². The van der Waals surface area contributed by atoms with Crippen LogP contribution < -0.4 is 15.0 Å². The fraction of sp³-hybridized carbons (Fsp3) is 0.0476. The number of fused-ring (bicyclic) bond motifs is 2. The fourth-order valence-electron chi connectivity index (χ4n) is 3.31. The lowest BCUT2D eigenvalue weighted by Crippen LogP contribution is -2.23. The highest BCUT2D eigenvalue weighted by molar-refractivity contribution is 5.91. The monoisotopic (exact) mass is 422 g/mol. The van der Waals surface area contributed by atoms with Gasteiger partial charge in [-0.05, 0) is 36.4 Å². The molecule has 10 heteroatoms. The van der Waals surface area contributed by atoms with E-state index in [4.69, 9.17) is 14.7 Å². The molecule has 0 radical (unpaired) electrons. The van der Waals surface area contributed by atoms with Gasteiger partial charge in [0, 0.05) is 11.8 Å². The maximum absolute atomic E-state index is 14.9. The molecule has 0 saturated carbocycles. The van der Waals surface area contributed by atoms with E-state index in [0.717, 1.165) is 16.8 Å². The Bertz CT molecular complexity index is 1490. The van der Waals surface area contributed by atoms with E-state index in [-0.39, 0.29) is 51.7 Å². The summed E-state index contributed by atoms with van der Waals surface area (Å²) >= 11 is 0. The van der Waals surface area contributed by atoms with E-state index in [9.17, 15) is 18.0 Å². The number of benzene rings is 2. The van der Waals surface area contributed by atoms with Gasteiger partial charge in [0.25, 0.3) is 5.56 Å². The van der Waals surface area contributed by atoms with Gasteiger partial charge in [0.1, 0.15) is 23.1 Å². The number of pyridine rings is 1. The van der Waals surface area contributed by atoms with Gasteiger partial charge < -0.3 is 9.47 Å². The molecule has 3 heterocycles. The van der Waals surface area contributed by atoms with E-state index in [1.807, 2.05) is 0 Å². The van der Waals surface area contributed by atoms with Crippen LogP contribution in [-0.2, 0) is 0 Å². The van der Waals surface area contributed by atoms with Gasteiger partial charge >= 0.3 is 0 Å². The molecule has 0 saturated heterocycles. The first-order valence-corrected chi connectivity index (χ1v) is 8.85. The minimum Gasteiger partial charge on any atom is -0.453 e. The molecular formula is C21H9F3N4O3. The highest BCUT2D eigenvalue weighted by Crippen LogP contribution is 2.41. The maximum atomic E-state index is 14.9. The Hall–Kier alpha value is -4.39. The molecule has 1 aliphatic heterocycles. The molecule has 31 heavy (non-hydrogen) atoms. The van der Waals surface area contributed by atoms with Crippen molar-refractivity contribution in [2.24, 2.45) is 0 Å². The van der Waals surface area contributed by atoms with Crippen LogP contribution in [0.2, 0.25) is 0 Å². The molecular weight excluding hydrogens is 413 g/mol. The van der Waals surface area contributed by atoms with Crippen molar-refractivity contribution in [1.29, 1.82) is 5.26 Å². The predicted octanol–water partition coefficient (Wildman–Crippen LogP) is 3.47. The highest BCUT2D eigenvalue weighted by Gasteiger charge is 2.28. The van der Waals surface area contributed by atoms with Gasteiger partial charge in [0.05, 0.1) is 16.6 Å². The van der Waals surface area contributed by atoms with Gasteiger partial charge in [-0.1, -0.05) is 0 Å². The second-order valence-corrected chi connectivity index (χ2v) is 6.53. The largest absolute Gasteiger partial charge is 0.453 e. The molecule has 0 amide bonds. The third-order valence-electron chi connectivity index (χ3n) is 4.77. The normalized spacial score (nSPS) is 12.2. The van der Waals surface area contributed by atoms with Crippen LogP contribution in [0, 0.1) is 28.8 Å². The number of aromatic nitrogens is 3. The number of rotatable bonds is 2. The van der Waals surface area contributed by atoms with Crippen molar-refractivity contribution in [3.05, 3.63) is 76.0 Å². The Morgan fingerprint density at radius 2 is 1.94 bits per heavy atom. The first kappa shape index (κ1) is 18.6. The van der Waals surface area contributed by atoms with Crippen LogP contribution in [0.4, 0.5) is 13.2 Å². The number of nitriles is 1. The standard InChI is InChI=1S/C21H9F3N4O3/c22-14-4-3-11(6-10(14)8-25)28-21(29)12-2-1-5-26-18(12)19(27-28)13-7-15-20(31-9-30-15)17(24)16(13)23/h1-7H,9H2. The highest BCUT2D eigenvalue weighted by atomic mass is 19.2. The van der Waals surface area contributed by atoms with Crippen molar-refractivity contribution in [2.75, 3.05) is 6.79 Å². The predicted molar refractivity (Wildman–Crippen MR) is 101 cm³/mol. The zero-order valence-corrected chi connectivity index (χ0v) is 15.4. The average Bonchev–Trinajstić information content (AvgIpc) is 3.26. The lowest BCUT2D eigenvalue weighted by Gasteiger charge is -2.12. The summed E-state index contributed by atoms with van der Waals surface area (Å²) in [5.41, 5.74) is -1.29. The molecule has 0 unspecified atom stereocenters. The minimum absolute atomic E-state index is 0.0221. The molecule has 2 aromatic carbocycles. The van der Waals surface area contributed by atoms with E-state index >= 15 is 0 Å². The topological polar surface area (TPSA) is 90.0 Å². The van der Waals surface area contributed by atoms with E-state index < -0.39 is 23.0 Å². The molecule has 152 valence electrons. The maximum Gasteiger partial charge on any atom is 0.280 e. The van der Waals surface area contributed by atoms with Crippen molar-refractivity contribution in [1.82, 2.24) is 14.8 Å². The van der Waals surface area contributed by atoms with Gasteiger partial charge in [-0.15, -0.1) is 0 Å². The first-order chi connectivity index (χ1) is 15.0. The Kier molecular flexibility index (Phi) is 4.11. The summed E-state index contributed by atoms with van der Waals surface area (Å²) in [5.74, 6) is -3.67. The third kappa shape index (κ3) is 2.78. The van der Waals surface area contributed by atoms with Gasteiger partial charge in [0.15, 0.2) is 11.6 Å². The Labute approximate surface area is 171 Å². The molecule has 0 aliphatic carbocycles. The number of hydrogen-bond donors (Lipinski definition) is 0. The van der Waals surface area contributed by atoms with Crippen molar-refractivity contribution in [2.45, 2.75) is 0 Å². The Morgan fingerprint density at radius 1 is 1.10 bits per heavy atom. The summed E-state index contributed by atoms with van der Waals surface area (Å²) in [4.78, 5) is 17.1. The molecule has 0 bridgehead atoms. The quantitative estimate of drug-likeness (QED) is 0.492. The van der Waals surface area contributed by atoms with Crippen molar-refractivity contribution >= 4 is 10.9 Å². The summed E-state index contributed by atoms with van der Waals surface area (Å²) < 4.78 is 54.2. The number of ether oxygens (including phenoxy) is 2. The van der Waals surface area contributed by atoms with Crippen molar-refractivity contribution in [3.63, 3.8) is 0 Å². The summed E-state index contributed by atoms with van der Waals surface area (Å²) in [6, 6.07) is 9.22. The van der Waals surface area contributed by atoms with E-state index in [2.05, 4.69) is 10.1 Å². The van der Waals surface area contributed by atoms with Gasteiger partial charge in [-0.3, -0.25) is 9.78 Å². The Balaban J connectivity index is 1.85. The average molecular weight is 422 g/mol. The van der Waals surface area contributed by atoms with Crippen molar-refractivity contribution in [3.8, 4) is 34.5 Å². The fourth-order valence-corrected chi connectivity index (χ4v) is 3.31. The minimum atomic E-state index is -1.26. The number of nitrogens with zero attached hydrogens (tertiary/aromatic N) is 4. The molecule has 0 spiro atoms. The van der Waals surface area contributed by atoms with E-state index in [0.29, 0.717) is 0 Å². The van der Waals surface area contributed by atoms with E-state index in [1.165, 1.54) is 30.5 Å². The molecule has 7 nitrogen and oxygen atoms in total. The van der Waals surface area contributed by atoms with Crippen LogP contribution in [0.3, 0.4) is 0 Å². The van der Waals surface area contributed by atoms with Gasteiger partial charge in [-0.25, -0.2) is 8.78 Å². The summed E-state index contributed by atoms with van der Waals surface area (Å²) in [7, 11) is 0. The van der Waals surface area contributed by atoms with Crippen LogP contribution in [0.1, 0.15) is 5.56 Å². The molecule has 0 N–H and O–H groups in total. The zero-order chi connectivity index (χ0) is 21.7. The summed E-state index contributed by atoms with van der Waals surface area (Å²) in [5, 5.41) is 13.3. The summed E-state index contributed by atoms with van der Waals surface area (Å²) in [6.07, 6.45) is 1.38. The van der Waals surface area contributed by atoms with Crippen LogP contribution >= 0.6 is 0 Å². The lowest BCUT2D eigenvalue weighted by molar-refractivity contribution is 0.170. The van der Waals surface area contributed by atoms with Crippen LogP contribution in [0.5, 0.6) is 11.5 Å². The second-order valence-electron chi connectivity index (χ2n) is 6.53. The summed E-state index contributed by atoms with van der Waals surface area (Å²) in [6.45, 7) is -0.270. The first-order valence-electron chi connectivity index (χ1n) is 8.85. The molecule has 4 aromatic rings. The Morgan fingerprint density at radius 3 is 2.74 bits per heavy atom. The SMILES string of the molecule is N#Cc1cc(-n2nc(-c3cc4c(c(F)c3F)OCO4)c3ncccc3c2=O)ccc1F.